The van der Waals surface area contributed by atoms with Gasteiger partial charge in [0.25, 0.3) is 0 Å². The average molecular weight is 294 g/mol. The summed E-state index contributed by atoms with van der Waals surface area (Å²) in [6.07, 6.45) is 2.33. The molecule has 4 nitrogen and oxygen atoms in total. The molecule has 2 aromatic carbocycles. The minimum absolute atomic E-state index is 0.168. The number of imidazole rings is 1. The van der Waals surface area contributed by atoms with Gasteiger partial charge in [-0.15, -0.1) is 6.58 Å². The molecule has 2 N–H and O–H groups in total. The number of allylic oxidation sites excluding steroid dienone is 1. The molecule has 0 aliphatic carbocycles. The van der Waals surface area contributed by atoms with E-state index in [1.54, 1.807) is 6.08 Å². The van der Waals surface area contributed by atoms with Crippen molar-refractivity contribution in [1.29, 1.82) is 0 Å². The first-order valence-electron chi connectivity index (χ1n) is 7.27. The Morgan fingerprint density at radius 3 is 2.86 bits per heavy atom. The number of rotatable bonds is 5. The third-order valence-corrected chi connectivity index (χ3v) is 3.48. The molecule has 0 aliphatic rings. The summed E-state index contributed by atoms with van der Waals surface area (Å²) in [5.74, 6) is 1.39. The third kappa shape index (κ3) is 2.55. The number of nitrogens with zero attached hydrogens (tertiary/aromatic N) is 1. The first kappa shape index (κ1) is 14.2. The molecule has 0 saturated carbocycles. The fourth-order valence-corrected chi connectivity index (χ4v) is 2.47. The molecule has 0 aliphatic heterocycles. The first-order valence-corrected chi connectivity index (χ1v) is 7.27. The molecule has 112 valence electrons. The van der Waals surface area contributed by atoms with Gasteiger partial charge in [0.2, 0.25) is 0 Å². The molecule has 3 aromatic rings. The smallest absolute Gasteiger partial charge is 0.161 e. The predicted molar refractivity (Wildman–Crippen MR) is 88.3 cm³/mol. The van der Waals surface area contributed by atoms with E-state index < -0.39 is 0 Å². The zero-order chi connectivity index (χ0) is 15.5. The van der Waals surface area contributed by atoms with Crippen LogP contribution in [0.1, 0.15) is 12.5 Å². The number of hydrogen-bond donors (Lipinski definition) is 2. The SMILES string of the molecule is C=CCc1cc(-c2nc3ccccc3[nH]2)cc(OCC)c1O. The topological polar surface area (TPSA) is 58.1 Å². The Bertz CT molecular complexity index is 788. The lowest BCUT2D eigenvalue weighted by atomic mass is 10.1. The van der Waals surface area contributed by atoms with Crippen molar-refractivity contribution < 1.29 is 9.84 Å². The van der Waals surface area contributed by atoms with Gasteiger partial charge in [-0.05, 0) is 37.6 Å². The number of phenols is 1. The molecule has 3 rings (SSSR count). The van der Waals surface area contributed by atoms with Crippen LogP contribution < -0.4 is 4.74 Å². The standard InChI is InChI=1S/C18H18N2O2/c1-3-7-12-10-13(11-16(17(12)21)22-4-2)18-19-14-8-5-6-9-15(14)20-18/h3,5-6,8-11,21H,1,4,7H2,2H3,(H,19,20). The number of nitrogens with one attached hydrogen (secondary N) is 1. The molecule has 0 saturated heterocycles. The quantitative estimate of drug-likeness (QED) is 0.698. The zero-order valence-corrected chi connectivity index (χ0v) is 12.5. The highest BCUT2D eigenvalue weighted by atomic mass is 16.5. The molecular weight excluding hydrogens is 276 g/mol. The van der Waals surface area contributed by atoms with E-state index in [4.69, 9.17) is 4.74 Å². The van der Waals surface area contributed by atoms with Crippen LogP contribution in [0.3, 0.4) is 0 Å². The number of para-hydroxylation sites is 2. The van der Waals surface area contributed by atoms with Gasteiger partial charge >= 0.3 is 0 Å². The molecule has 22 heavy (non-hydrogen) atoms. The molecule has 0 atom stereocenters. The zero-order valence-electron chi connectivity index (χ0n) is 12.5. The molecule has 0 unspecified atom stereocenters. The molecular formula is C18H18N2O2. The minimum atomic E-state index is 0.168. The summed E-state index contributed by atoms with van der Waals surface area (Å²) in [5, 5.41) is 10.3. The number of aromatic nitrogens is 2. The summed E-state index contributed by atoms with van der Waals surface area (Å²) in [4.78, 5) is 7.89. The van der Waals surface area contributed by atoms with Gasteiger partial charge in [0.05, 0.1) is 17.6 Å². The summed E-state index contributed by atoms with van der Waals surface area (Å²) in [5.41, 5.74) is 3.55. The predicted octanol–water partition coefficient (Wildman–Crippen LogP) is 4.06. The first-order chi connectivity index (χ1) is 10.7. The normalized spacial score (nSPS) is 10.8. The number of H-pyrrole nitrogens is 1. The van der Waals surface area contributed by atoms with Crippen LogP contribution >= 0.6 is 0 Å². The highest BCUT2D eigenvalue weighted by molar-refractivity contribution is 5.80. The monoisotopic (exact) mass is 294 g/mol. The molecule has 0 amide bonds. The Morgan fingerprint density at radius 2 is 2.14 bits per heavy atom. The second-order valence-corrected chi connectivity index (χ2v) is 5.01. The highest BCUT2D eigenvalue weighted by Crippen LogP contribution is 2.35. The van der Waals surface area contributed by atoms with Crippen LogP contribution in [0.2, 0.25) is 0 Å². The number of ether oxygens (including phenoxy) is 1. The number of fused-ring (bicyclic) bond motifs is 1. The molecule has 0 bridgehead atoms. The summed E-state index contributed by atoms with van der Waals surface area (Å²) < 4.78 is 5.53. The number of aromatic amines is 1. The van der Waals surface area contributed by atoms with Crippen molar-refractivity contribution in [3.8, 4) is 22.9 Å². The number of benzene rings is 2. The second-order valence-electron chi connectivity index (χ2n) is 5.01. The molecule has 0 radical (unpaired) electrons. The fourth-order valence-electron chi connectivity index (χ4n) is 2.47. The number of phenolic OH excluding ortho intramolecular Hbond substituents is 1. The Labute approximate surface area is 129 Å². The lowest BCUT2D eigenvalue weighted by Gasteiger charge is -2.11. The summed E-state index contributed by atoms with van der Waals surface area (Å²) in [6, 6.07) is 11.6. The van der Waals surface area contributed by atoms with Crippen molar-refractivity contribution in [3.05, 3.63) is 54.6 Å². The van der Waals surface area contributed by atoms with E-state index in [9.17, 15) is 5.11 Å². The maximum atomic E-state index is 10.3. The van der Waals surface area contributed by atoms with Gasteiger partial charge in [-0.25, -0.2) is 4.98 Å². The molecule has 1 heterocycles. The maximum Gasteiger partial charge on any atom is 0.161 e. The van der Waals surface area contributed by atoms with Gasteiger partial charge < -0.3 is 14.8 Å². The van der Waals surface area contributed by atoms with Gasteiger partial charge in [-0.1, -0.05) is 18.2 Å². The Balaban J connectivity index is 2.14. The van der Waals surface area contributed by atoms with Crippen molar-refractivity contribution in [2.75, 3.05) is 6.61 Å². The van der Waals surface area contributed by atoms with Crippen LogP contribution in [0.25, 0.3) is 22.4 Å². The Hall–Kier alpha value is -2.75. The molecule has 1 aromatic heterocycles. The lowest BCUT2D eigenvalue weighted by Crippen LogP contribution is -1.96. The van der Waals surface area contributed by atoms with Crippen LogP contribution in [0.4, 0.5) is 0 Å². The average Bonchev–Trinajstić information content (AvgIpc) is 2.95. The summed E-state index contributed by atoms with van der Waals surface area (Å²) in [7, 11) is 0. The van der Waals surface area contributed by atoms with Crippen LogP contribution in [0.5, 0.6) is 11.5 Å². The van der Waals surface area contributed by atoms with E-state index in [1.807, 2.05) is 43.3 Å². The molecule has 0 spiro atoms. The van der Waals surface area contributed by atoms with Crippen molar-refractivity contribution in [2.45, 2.75) is 13.3 Å². The summed E-state index contributed by atoms with van der Waals surface area (Å²) in [6.45, 7) is 6.11. The number of hydrogen-bond acceptors (Lipinski definition) is 3. The minimum Gasteiger partial charge on any atom is -0.504 e. The van der Waals surface area contributed by atoms with Crippen LogP contribution in [-0.2, 0) is 6.42 Å². The lowest BCUT2D eigenvalue weighted by molar-refractivity contribution is 0.317. The van der Waals surface area contributed by atoms with Crippen LogP contribution in [-0.4, -0.2) is 21.7 Å². The van der Waals surface area contributed by atoms with E-state index in [0.29, 0.717) is 18.8 Å². The fraction of sp³-hybridized carbons (Fsp3) is 0.167. The van der Waals surface area contributed by atoms with Crippen LogP contribution in [0, 0.1) is 0 Å². The maximum absolute atomic E-state index is 10.3. The van der Waals surface area contributed by atoms with Gasteiger partial charge in [0.15, 0.2) is 11.5 Å². The molecule has 4 heteroatoms. The van der Waals surface area contributed by atoms with Crippen molar-refractivity contribution >= 4 is 11.0 Å². The summed E-state index contributed by atoms with van der Waals surface area (Å²) >= 11 is 0. The van der Waals surface area contributed by atoms with Crippen molar-refractivity contribution in [2.24, 2.45) is 0 Å². The van der Waals surface area contributed by atoms with E-state index in [2.05, 4.69) is 16.5 Å². The second kappa shape index (κ2) is 5.93. The van der Waals surface area contributed by atoms with Gasteiger partial charge in [-0.2, -0.15) is 0 Å². The Morgan fingerprint density at radius 1 is 1.32 bits per heavy atom. The van der Waals surface area contributed by atoms with E-state index in [1.165, 1.54) is 0 Å². The third-order valence-electron chi connectivity index (χ3n) is 3.48. The molecule has 0 fully saturated rings. The van der Waals surface area contributed by atoms with Crippen molar-refractivity contribution in [1.82, 2.24) is 9.97 Å². The Kier molecular flexibility index (Phi) is 3.83. The van der Waals surface area contributed by atoms with E-state index in [0.717, 1.165) is 28.0 Å². The largest absolute Gasteiger partial charge is 0.504 e. The van der Waals surface area contributed by atoms with Crippen LogP contribution in [0.15, 0.2) is 49.1 Å². The number of aromatic hydroxyl groups is 1. The van der Waals surface area contributed by atoms with Gasteiger partial charge in [-0.3, -0.25) is 0 Å². The van der Waals surface area contributed by atoms with E-state index in [-0.39, 0.29) is 5.75 Å². The van der Waals surface area contributed by atoms with Gasteiger partial charge in [0.1, 0.15) is 5.82 Å². The van der Waals surface area contributed by atoms with E-state index >= 15 is 0 Å². The van der Waals surface area contributed by atoms with Crippen molar-refractivity contribution in [3.63, 3.8) is 0 Å². The highest BCUT2D eigenvalue weighted by Gasteiger charge is 2.13. The van der Waals surface area contributed by atoms with Gasteiger partial charge in [0, 0.05) is 11.1 Å².